The van der Waals surface area contributed by atoms with Gasteiger partial charge in [0.2, 0.25) is 0 Å². The number of benzene rings is 1. The third kappa shape index (κ3) is 3.27. The van der Waals surface area contributed by atoms with Gasteiger partial charge in [0.25, 0.3) is 9.05 Å². The van der Waals surface area contributed by atoms with Crippen molar-refractivity contribution in [1.82, 2.24) is 0 Å². The van der Waals surface area contributed by atoms with Crippen LogP contribution in [0.4, 0.5) is 8.78 Å². The minimum atomic E-state index is -4.27. The smallest absolute Gasteiger partial charge is 0.341 e. The molecule has 20 heavy (non-hydrogen) atoms. The number of hydrogen-bond acceptors (Lipinski definition) is 4. The van der Waals surface area contributed by atoms with Crippen LogP contribution in [0.2, 0.25) is 0 Å². The number of rotatable bonds is 3. The SMILES string of the molecule is O=C(OC1CCCC1)c1cc(S(=O)(=O)Cl)cc(F)c1F. The zero-order chi connectivity index (χ0) is 14.9. The van der Waals surface area contributed by atoms with Crippen LogP contribution < -0.4 is 0 Å². The third-order valence-corrected chi connectivity index (χ3v) is 4.41. The predicted molar refractivity (Wildman–Crippen MR) is 67.1 cm³/mol. The highest BCUT2D eigenvalue weighted by Gasteiger charge is 2.26. The molecule has 110 valence electrons. The van der Waals surface area contributed by atoms with Crippen molar-refractivity contribution in [3.63, 3.8) is 0 Å². The summed E-state index contributed by atoms with van der Waals surface area (Å²) in [6.07, 6.45) is 2.75. The molecule has 0 radical (unpaired) electrons. The molecule has 1 aliphatic carbocycles. The Labute approximate surface area is 119 Å². The number of halogens is 3. The highest BCUT2D eigenvalue weighted by atomic mass is 35.7. The van der Waals surface area contributed by atoms with Crippen molar-refractivity contribution in [2.75, 3.05) is 0 Å². The second-order valence-corrected chi connectivity index (χ2v) is 7.08. The summed E-state index contributed by atoms with van der Waals surface area (Å²) in [5.41, 5.74) is -0.767. The Balaban J connectivity index is 2.34. The first-order valence-corrected chi connectivity index (χ1v) is 8.24. The van der Waals surface area contributed by atoms with Gasteiger partial charge in [-0.2, -0.15) is 0 Å². The fourth-order valence-electron chi connectivity index (χ4n) is 2.07. The van der Waals surface area contributed by atoms with E-state index in [-0.39, 0.29) is 6.10 Å². The van der Waals surface area contributed by atoms with Gasteiger partial charge in [-0.1, -0.05) is 0 Å². The molecule has 0 aliphatic heterocycles. The van der Waals surface area contributed by atoms with E-state index < -0.39 is 37.1 Å². The highest BCUT2D eigenvalue weighted by molar-refractivity contribution is 8.13. The van der Waals surface area contributed by atoms with Crippen LogP contribution in [0.25, 0.3) is 0 Å². The van der Waals surface area contributed by atoms with Crippen LogP contribution in [0.5, 0.6) is 0 Å². The normalized spacial score (nSPS) is 16.4. The summed E-state index contributed by atoms with van der Waals surface area (Å²) in [6.45, 7) is 0. The van der Waals surface area contributed by atoms with Gasteiger partial charge < -0.3 is 4.74 Å². The lowest BCUT2D eigenvalue weighted by atomic mass is 10.2. The van der Waals surface area contributed by atoms with Crippen LogP contribution in [0.15, 0.2) is 17.0 Å². The molecule has 0 unspecified atom stereocenters. The lowest BCUT2D eigenvalue weighted by molar-refractivity contribution is 0.0311. The van der Waals surface area contributed by atoms with Gasteiger partial charge in [0.1, 0.15) is 6.10 Å². The molecule has 1 saturated carbocycles. The van der Waals surface area contributed by atoms with E-state index in [0.29, 0.717) is 25.0 Å². The maximum absolute atomic E-state index is 13.6. The van der Waals surface area contributed by atoms with Gasteiger partial charge in [0, 0.05) is 10.7 Å². The minimum absolute atomic E-state index is 0.346. The van der Waals surface area contributed by atoms with Crippen LogP contribution >= 0.6 is 10.7 Å². The summed E-state index contributed by atoms with van der Waals surface area (Å²) in [6, 6.07) is 1.10. The molecule has 0 saturated heterocycles. The molecule has 0 aromatic heterocycles. The van der Waals surface area contributed by atoms with Crippen molar-refractivity contribution in [3.8, 4) is 0 Å². The van der Waals surface area contributed by atoms with Gasteiger partial charge in [-0.25, -0.2) is 22.0 Å². The van der Waals surface area contributed by atoms with Crippen LogP contribution in [0.1, 0.15) is 36.0 Å². The molecule has 0 heterocycles. The Morgan fingerprint density at radius 1 is 1.25 bits per heavy atom. The van der Waals surface area contributed by atoms with Crippen molar-refractivity contribution in [1.29, 1.82) is 0 Å². The molecule has 0 N–H and O–H groups in total. The molecule has 4 nitrogen and oxygen atoms in total. The van der Waals surface area contributed by atoms with Crippen LogP contribution in [0.3, 0.4) is 0 Å². The number of carbonyl (C=O) groups excluding carboxylic acids is 1. The van der Waals surface area contributed by atoms with E-state index in [1.54, 1.807) is 0 Å². The van der Waals surface area contributed by atoms with Crippen LogP contribution in [-0.4, -0.2) is 20.5 Å². The van der Waals surface area contributed by atoms with E-state index >= 15 is 0 Å². The topological polar surface area (TPSA) is 60.4 Å². The monoisotopic (exact) mass is 324 g/mol. The van der Waals surface area contributed by atoms with E-state index in [2.05, 4.69) is 0 Å². The highest BCUT2D eigenvalue weighted by Crippen LogP contribution is 2.25. The Morgan fingerprint density at radius 2 is 1.85 bits per heavy atom. The Kier molecular flexibility index (Phi) is 4.29. The molecular formula is C12H11ClF2O4S. The van der Waals surface area contributed by atoms with Crippen molar-refractivity contribution in [2.24, 2.45) is 0 Å². The molecule has 8 heteroatoms. The first-order valence-electron chi connectivity index (χ1n) is 5.93. The standard InChI is InChI=1S/C12H11ClF2O4S/c13-20(17,18)8-5-9(11(15)10(14)6-8)12(16)19-7-3-1-2-4-7/h5-7H,1-4H2. The van der Waals surface area contributed by atoms with Crippen molar-refractivity contribution >= 4 is 25.7 Å². The van der Waals surface area contributed by atoms with Crippen LogP contribution in [0, 0.1) is 11.6 Å². The largest absolute Gasteiger partial charge is 0.459 e. The number of carbonyl (C=O) groups is 1. The van der Waals surface area contributed by atoms with E-state index in [1.807, 2.05) is 0 Å². The fraction of sp³-hybridized carbons (Fsp3) is 0.417. The van der Waals surface area contributed by atoms with E-state index in [9.17, 15) is 22.0 Å². The average Bonchev–Trinajstić information content (AvgIpc) is 2.83. The Morgan fingerprint density at radius 3 is 2.40 bits per heavy atom. The fourth-order valence-corrected chi connectivity index (χ4v) is 2.84. The molecule has 0 amide bonds. The Hall–Kier alpha value is -1.21. The first kappa shape index (κ1) is 15.2. The van der Waals surface area contributed by atoms with Gasteiger partial charge in [-0.3, -0.25) is 0 Å². The van der Waals surface area contributed by atoms with E-state index in [0.717, 1.165) is 12.8 Å². The van der Waals surface area contributed by atoms with Gasteiger partial charge in [-0.15, -0.1) is 0 Å². The lowest BCUT2D eigenvalue weighted by Gasteiger charge is -2.12. The second-order valence-electron chi connectivity index (χ2n) is 4.52. The summed E-state index contributed by atoms with van der Waals surface area (Å²) in [4.78, 5) is 11.1. The maximum atomic E-state index is 13.6. The summed E-state index contributed by atoms with van der Waals surface area (Å²) in [5.74, 6) is -4.00. The lowest BCUT2D eigenvalue weighted by Crippen LogP contribution is -2.17. The average molecular weight is 325 g/mol. The second kappa shape index (κ2) is 5.65. The molecular weight excluding hydrogens is 314 g/mol. The summed E-state index contributed by atoms with van der Waals surface area (Å²) < 4.78 is 54.2. The van der Waals surface area contributed by atoms with Crippen molar-refractivity contribution in [2.45, 2.75) is 36.7 Å². The summed E-state index contributed by atoms with van der Waals surface area (Å²) in [5, 5.41) is 0. The third-order valence-electron chi connectivity index (χ3n) is 3.08. The summed E-state index contributed by atoms with van der Waals surface area (Å²) in [7, 11) is 0.793. The van der Waals surface area contributed by atoms with Crippen molar-refractivity contribution in [3.05, 3.63) is 29.3 Å². The Bertz CT molecular complexity index is 639. The van der Waals surface area contributed by atoms with E-state index in [4.69, 9.17) is 15.4 Å². The van der Waals surface area contributed by atoms with Gasteiger partial charge in [-0.05, 0) is 37.8 Å². The summed E-state index contributed by atoms with van der Waals surface area (Å²) >= 11 is 0. The molecule has 1 aliphatic rings. The number of esters is 1. The molecule has 1 fully saturated rings. The molecule has 0 spiro atoms. The molecule has 0 bridgehead atoms. The number of hydrogen-bond donors (Lipinski definition) is 0. The predicted octanol–water partition coefficient (Wildman–Crippen LogP) is 2.99. The number of ether oxygens (including phenoxy) is 1. The quantitative estimate of drug-likeness (QED) is 0.633. The molecule has 1 aromatic rings. The zero-order valence-corrected chi connectivity index (χ0v) is 11.8. The van der Waals surface area contributed by atoms with Gasteiger partial charge >= 0.3 is 5.97 Å². The van der Waals surface area contributed by atoms with Crippen molar-refractivity contribution < 1.29 is 26.7 Å². The molecule has 1 aromatic carbocycles. The molecule has 0 atom stereocenters. The van der Waals surface area contributed by atoms with Crippen LogP contribution in [-0.2, 0) is 13.8 Å². The molecule has 2 rings (SSSR count). The minimum Gasteiger partial charge on any atom is -0.459 e. The van der Waals surface area contributed by atoms with Gasteiger partial charge in [0.15, 0.2) is 11.6 Å². The van der Waals surface area contributed by atoms with E-state index in [1.165, 1.54) is 0 Å². The maximum Gasteiger partial charge on any atom is 0.341 e. The van der Waals surface area contributed by atoms with Gasteiger partial charge in [0.05, 0.1) is 10.5 Å². The zero-order valence-electron chi connectivity index (χ0n) is 10.2. The first-order chi connectivity index (χ1) is 9.29.